The van der Waals surface area contributed by atoms with Gasteiger partial charge in [-0.1, -0.05) is 62.9 Å². The van der Waals surface area contributed by atoms with Crippen molar-refractivity contribution in [3.05, 3.63) is 66.0 Å². The summed E-state index contributed by atoms with van der Waals surface area (Å²) < 4.78 is 8.16. The van der Waals surface area contributed by atoms with Crippen molar-refractivity contribution in [2.75, 3.05) is 5.75 Å². The molecule has 2 aromatic carbocycles. The molecule has 1 amide bonds. The number of benzene rings is 2. The van der Waals surface area contributed by atoms with Crippen molar-refractivity contribution < 1.29 is 9.53 Å². The maximum atomic E-state index is 12.3. The van der Waals surface area contributed by atoms with E-state index in [1.807, 2.05) is 67.8 Å². The molecule has 7 heteroatoms. The largest absolute Gasteiger partial charge is 0.483 e. The summed E-state index contributed by atoms with van der Waals surface area (Å²) in [5.41, 5.74) is 2.20. The van der Waals surface area contributed by atoms with Crippen LogP contribution in [-0.4, -0.2) is 32.5 Å². The van der Waals surface area contributed by atoms with E-state index >= 15 is 0 Å². The third-order valence-corrected chi connectivity index (χ3v) is 6.18. The quantitative estimate of drug-likeness (QED) is 0.409. The first-order chi connectivity index (χ1) is 15.4. The molecule has 0 fully saturated rings. The number of carbonyl (C=O) groups is 1. The number of para-hydroxylation sites is 1. The summed E-state index contributed by atoms with van der Waals surface area (Å²) >= 11 is 1.37. The Bertz CT molecular complexity index is 1000. The van der Waals surface area contributed by atoms with Crippen LogP contribution in [0.1, 0.15) is 64.4 Å². The Labute approximate surface area is 194 Å². The molecule has 0 bridgehead atoms. The lowest BCUT2D eigenvalue weighted by molar-refractivity contribution is -0.119. The predicted molar refractivity (Wildman–Crippen MR) is 130 cm³/mol. The minimum absolute atomic E-state index is 0.0111. The molecule has 1 N–H and O–H groups in total. The molecule has 0 aliphatic carbocycles. The molecule has 2 atom stereocenters. The average Bonchev–Trinajstić information content (AvgIpc) is 3.22. The van der Waals surface area contributed by atoms with Gasteiger partial charge >= 0.3 is 0 Å². The van der Waals surface area contributed by atoms with E-state index in [0.717, 1.165) is 17.9 Å². The first kappa shape index (κ1) is 23.9. The number of amides is 1. The van der Waals surface area contributed by atoms with Crippen molar-refractivity contribution in [1.29, 1.82) is 0 Å². The SMILES string of the molecule is CCC(C)NC(=O)CSc1nnc(C(C)Oc2ccc(C(C)C)cc2)n1-c1ccccc1. The van der Waals surface area contributed by atoms with Crippen LogP contribution in [0.3, 0.4) is 0 Å². The van der Waals surface area contributed by atoms with Crippen LogP contribution in [0.25, 0.3) is 5.69 Å². The van der Waals surface area contributed by atoms with Crippen LogP contribution < -0.4 is 10.1 Å². The van der Waals surface area contributed by atoms with E-state index in [-0.39, 0.29) is 23.8 Å². The molecule has 0 spiro atoms. The number of ether oxygens (including phenoxy) is 1. The molecule has 1 heterocycles. The van der Waals surface area contributed by atoms with Gasteiger partial charge in [0.2, 0.25) is 5.91 Å². The molecule has 0 radical (unpaired) electrons. The van der Waals surface area contributed by atoms with Crippen molar-refractivity contribution in [1.82, 2.24) is 20.1 Å². The van der Waals surface area contributed by atoms with Crippen LogP contribution in [-0.2, 0) is 4.79 Å². The van der Waals surface area contributed by atoms with Gasteiger partial charge in [0.1, 0.15) is 5.75 Å². The van der Waals surface area contributed by atoms with E-state index in [0.29, 0.717) is 16.9 Å². The van der Waals surface area contributed by atoms with Gasteiger partial charge in [0.15, 0.2) is 17.1 Å². The third kappa shape index (κ3) is 6.13. The van der Waals surface area contributed by atoms with E-state index in [4.69, 9.17) is 4.74 Å². The summed E-state index contributed by atoms with van der Waals surface area (Å²) in [7, 11) is 0. The standard InChI is InChI=1S/C25H32N4O2S/c1-6-18(4)26-23(30)16-32-25-28-27-24(29(25)21-10-8-7-9-11-21)19(5)31-22-14-12-20(13-15-22)17(2)3/h7-15,17-19H,6,16H2,1-5H3,(H,26,30). The minimum atomic E-state index is -0.323. The fourth-order valence-electron chi connectivity index (χ4n) is 3.19. The maximum absolute atomic E-state index is 12.3. The number of hydrogen-bond donors (Lipinski definition) is 1. The Morgan fingerprint density at radius 1 is 1.03 bits per heavy atom. The van der Waals surface area contributed by atoms with Gasteiger partial charge in [-0.05, 0) is 56.0 Å². The van der Waals surface area contributed by atoms with Crippen molar-refractivity contribution >= 4 is 17.7 Å². The third-order valence-electron chi connectivity index (χ3n) is 5.25. The predicted octanol–water partition coefficient (Wildman–Crippen LogP) is 5.54. The summed E-state index contributed by atoms with van der Waals surface area (Å²) in [6.45, 7) is 10.4. The number of nitrogens with one attached hydrogen (secondary N) is 1. The zero-order valence-corrected chi connectivity index (χ0v) is 20.2. The van der Waals surface area contributed by atoms with Gasteiger partial charge < -0.3 is 10.1 Å². The second-order valence-electron chi connectivity index (χ2n) is 8.16. The Hall–Kier alpha value is -2.80. The zero-order valence-electron chi connectivity index (χ0n) is 19.4. The number of rotatable bonds is 10. The van der Waals surface area contributed by atoms with Crippen LogP contribution in [0.4, 0.5) is 0 Å². The van der Waals surface area contributed by atoms with Gasteiger partial charge in [0.25, 0.3) is 0 Å². The van der Waals surface area contributed by atoms with E-state index in [1.165, 1.54) is 17.3 Å². The number of carbonyl (C=O) groups excluding carboxylic acids is 1. The molecule has 0 aliphatic rings. The maximum Gasteiger partial charge on any atom is 0.230 e. The fourth-order valence-corrected chi connectivity index (χ4v) is 3.96. The number of hydrogen-bond acceptors (Lipinski definition) is 5. The highest BCUT2D eigenvalue weighted by molar-refractivity contribution is 7.99. The molecule has 2 unspecified atom stereocenters. The Balaban J connectivity index is 1.81. The highest BCUT2D eigenvalue weighted by Crippen LogP contribution is 2.28. The zero-order chi connectivity index (χ0) is 23.1. The van der Waals surface area contributed by atoms with Crippen LogP contribution in [0.5, 0.6) is 5.75 Å². The normalized spacial score (nSPS) is 13.1. The average molecular weight is 453 g/mol. The molecule has 6 nitrogen and oxygen atoms in total. The van der Waals surface area contributed by atoms with E-state index in [1.54, 1.807) is 0 Å². The van der Waals surface area contributed by atoms with Gasteiger partial charge in [0, 0.05) is 11.7 Å². The van der Waals surface area contributed by atoms with Crippen LogP contribution >= 0.6 is 11.8 Å². The first-order valence-electron chi connectivity index (χ1n) is 11.1. The van der Waals surface area contributed by atoms with E-state index in [2.05, 4.69) is 41.5 Å². The molecular weight excluding hydrogens is 420 g/mol. The molecule has 0 saturated carbocycles. The second kappa shape index (κ2) is 11.2. The Kier molecular flexibility index (Phi) is 8.33. The lowest BCUT2D eigenvalue weighted by Crippen LogP contribution is -2.33. The van der Waals surface area contributed by atoms with Crippen molar-refractivity contribution in [3.8, 4) is 11.4 Å². The summed E-state index contributed by atoms with van der Waals surface area (Å²) in [5.74, 6) is 2.21. The lowest BCUT2D eigenvalue weighted by atomic mass is 10.0. The van der Waals surface area contributed by atoms with E-state index in [9.17, 15) is 4.79 Å². The molecule has 3 aromatic rings. The molecule has 170 valence electrons. The summed E-state index contributed by atoms with van der Waals surface area (Å²) in [5, 5.41) is 12.5. The minimum Gasteiger partial charge on any atom is -0.483 e. The monoisotopic (exact) mass is 452 g/mol. The van der Waals surface area contributed by atoms with Crippen molar-refractivity contribution in [2.45, 2.75) is 64.3 Å². The van der Waals surface area contributed by atoms with Crippen LogP contribution in [0, 0.1) is 0 Å². The van der Waals surface area contributed by atoms with Gasteiger partial charge in [0.05, 0.1) is 5.75 Å². The van der Waals surface area contributed by atoms with Gasteiger partial charge in [-0.25, -0.2) is 0 Å². The van der Waals surface area contributed by atoms with Crippen LogP contribution in [0.15, 0.2) is 59.8 Å². The molecule has 3 rings (SSSR count). The fraction of sp³-hybridized carbons (Fsp3) is 0.400. The number of nitrogens with zero attached hydrogens (tertiary/aromatic N) is 3. The number of aromatic nitrogens is 3. The Morgan fingerprint density at radius 3 is 2.34 bits per heavy atom. The summed E-state index contributed by atoms with van der Waals surface area (Å²) in [6.07, 6.45) is 0.573. The highest BCUT2D eigenvalue weighted by atomic mass is 32.2. The van der Waals surface area contributed by atoms with Crippen molar-refractivity contribution in [3.63, 3.8) is 0 Å². The molecule has 0 saturated heterocycles. The summed E-state index contributed by atoms with van der Waals surface area (Å²) in [6, 6.07) is 18.2. The second-order valence-corrected chi connectivity index (χ2v) is 9.10. The van der Waals surface area contributed by atoms with Gasteiger partial charge in [-0.2, -0.15) is 0 Å². The molecular formula is C25H32N4O2S. The topological polar surface area (TPSA) is 69.0 Å². The lowest BCUT2D eigenvalue weighted by Gasteiger charge is -2.17. The smallest absolute Gasteiger partial charge is 0.230 e. The highest BCUT2D eigenvalue weighted by Gasteiger charge is 2.22. The van der Waals surface area contributed by atoms with Crippen LogP contribution in [0.2, 0.25) is 0 Å². The molecule has 0 aliphatic heterocycles. The number of thioether (sulfide) groups is 1. The van der Waals surface area contributed by atoms with Crippen molar-refractivity contribution in [2.24, 2.45) is 0 Å². The molecule has 32 heavy (non-hydrogen) atoms. The summed E-state index contributed by atoms with van der Waals surface area (Å²) in [4.78, 5) is 12.3. The van der Waals surface area contributed by atoms with Gasteiger partial charge in [-0.15, -0.1) is 10.2 Å². The first-order valence-corrected chi connectivity index (χ1v) is 12.1. The Morgan fingerprint density at radius 2 is 1.72 bits per heavy atom. The van der Waals surface area contributed by atoms with Gasteiger partial charge in [-0.3, -0.25) is 9.36 Å². The molecule has 1 aromatic heterocycles. The van der Waals surface area contributed by atoms with E-state index < -0.39 is 0 Å².